The Kier molecular flexibility index (Phi) is 3.57. The van der Waals surface area contributed by atoms with Crippen LogP contribution in [0.1, 0.15) is 13.3 Å². The SMILES string of the molecule is CN(C)c1ccc(NC(=O)C2(C)CCNC2)cc1. The van der Waals surface area contributed by atoms with Crippen LogP contribution in [0, 0.1) is 5.41 Å². The average Bonchev–Trinajstić information content (AvgIpc) is 2.78. The van der Waals surface area contributed by atoms with Gasteiger partial charge in [-0.2, -0.15) is 0 Å². The van der Waals surface area contributed by atoms with Gasteiger partial charge < -0.3 is 15.5 Å². The third-order valence-corrected chi connectivity index (χ3v) is 3.56. The van der Waals surface area contributed by atoms with E-state index in [-0.39, 0.29) is 11.3 Å². The normalized spacial score (nSPS) is 22.8. The van der Waals surface area contributed by atoms with Gasteiger partial charge in [-0.05, 0) is 44.2 Å². The topological polar surface area (TPSA) is 44.4 Å². The van der Waals surface area contributed by atoms with Gasteiger partial charge in [0.2, 0.25) is 5.91 Å². The van der Waals surface area contributed by atoms with Crippen molar-refractivity contribution in [1.82, 2.24) is 5.32 Å². The molecule has 18 heavy (non-hydrogen) atoms. The lowest BCUT2D eigenvalue weighted by atomic mass is 9.89. The zero-order valence-electron chi connectivity index (χ0n) is 11.3. The second-order valence-electron chi connectivity index (χ2n) is 5.38. The van der Waals surface area contributed by atoms with Crippen molar-refractivity contribution in [3.8, 4) is 0 Å². The Balaban J connectivity index is 2.03. The number of nitrogens with one attached hydrogen (secondary N) is 2. The fraction of sp³-hybridized carbons (Fsp3) is 0.500. The first-order valence-electron chi connectivity index (χ1n) is 6.31. The van der Waals surface area contributed by atoms with Crippen molar-refractivity contribution in [1.29, 1.82) is 0 Å². The van der Waals surface area contributed by atoms with Gasteiger partial charge in [0.25, 0.3) is 0 Å². The Morgan fingerprint density at radius 1 is 1.33 bits per heavy atom. The molecule has 1 unspecified atom stereocenters. The quantitative estimate of drug-likeness (QED) is 0.854. The highest BCUT2D eigenvalue weighted by molar-refractivity contribution is 5.95. The Labute approximate surface area is 108 Å². The molecule has 1 aromatic carbocycles. The van der Waals surface area contributed by atoms with Crippen molar-refractivity contribution in [3.05, 3.63) is 24.3 Å². The zero-order chi connectivity index (χ0) is 13.2. The predicted molar refractivity (Wildman–Crippen MR) is 75.0 cm³/mol. The summed E-state index contributed by atoms with van der Waals surface area (Å²) in [6.45, 7) is 3.69. The molecule has 0 bridgehead atoms. The van der Waals surface area contributed by atoms with E-state index < -0.39 is 0 Å². The molecule has 1 aliphatic heterocycles. The average molecular weight is 247 g/mol. The molecule has 1 atom stereocenters. The van der Waals surface area contributed by atoms with Gasteiger partial charge in [-0.1, -0.05) is 0 Å². The first kappa shape index (κ1) is 12.9. The molecule has 4 heteroatoms. The second kappa shape index (κ2) is 4.98. The van der Waals surface area contributed by atoms with Gasteiger partial charge in [-0.25, -0.2) is 0 Å². The van der Waals surface area contributed by atoms with Gasteiger partial charge in [0.05, 0.1) is 5.41 Å². The highest BCUT2D eigenvalue weighted by Gasteiger charge is 2.36. The molecule has 0 saturated carbocycles. The molecule has 0 aliphatic carbocycles. The van der Waals surface area contributed by atoms with E-state index in [9.17, 15) is 4.79 Å². The Hall–Kier alpha value is -1.55. The first-order chi connectivity index (χ1) is 8.51. The van der Waals surface area contributed by atoms with E-state index >= 15 is 0 Å². The molecule has 2 N–H and O–H groups in total. The van der Waals surface area contributed by atoms with Crippen LogP contribution in [0.5, 0.6) is 0 Å². The minimum atomic E-state index is -0.278. The number of rotatable bonds is 3. The molecule has 4 nitrogen and oxygen atoms in total. The minimum absolute atomic E-state index is 0.102. The van der Waals surface area contributed by atoms with Crippen molar-refractivity contribution in [2.24, 2.45) is 5.41 Å². The second-order valence-corrected chi connectivity index (χ2v) is 5.38. The smallest absolute Gasteiger partial charge is 0.231 e. The number of anilines is 2. The maximum absolute atomic E-state index is 12.2. The molecule has 1 heterocycles. The van der Waals surface area contributed by atoms with E-state index in [1.54, 1.807) is 0 Å². The molecular formula is C14H21N3O. The van der Waals surface area contributed by atoms with Crippen LogP contribution >= 0.6 is 0 Å². The van der Waals surface area contributed by atoms with E-state index in [1.165, 1.54) is 0 Å². The summed E-state index contributed by atoms with van der Waals surface area (Å²) >= 11 is 0. The van der Waals surface area contributed by atoms with E-state index in [0.29, 0.717) is 0 Å². The molecule has 0 aromatic heterocycles. The Morgan fingerprint density at radius 2 is 2.00 bits per heavy atom. The first-order valence-corrected chi connectivity index (χ1v) is 6.31. The fourth-order valence-electron chi connectivity index (χ4n) is 2.14. The third kappa shape index (κ3) is 2.64. The lowest BCUT2D eigenvalue weighted by molar-refractivity contribution is -0.123. The number of nitrogens with zero attached hydrogens (tertiary/aromatic N) is 1. The van der Waals surface area contributed by atoms with E-state index in [4.69, 9.17) is 0 Å². The van der Waals surface area contributed by atoms with Crippen LogP contribution in [-0.4, -0.2) is 33.1 Å². The standard InChI is InChI=1S/C14H21N3O/c1-14(8-9-15-10-14)13(18)16-11-4-6-12(7-5-11)17(2)3/h4-7,15H,8-10H2,1-3H3,(H,16,18). The molecule has 1 amide bonds. The number of carbonyl (C=O) groups is 1. The molecule has 98 valence electrons. The van der Waals surface area contributed by atoms with Crippen molar-refractivity contribution >= 4 is 17.3 Å². The van der Waals surface area contributed by atoms with Gasteiger partial charge in [0.1, 0.15) is 0 Å². The molecule has 1 aromatic rings. The Morgan fingerprint density at radius 3 is 2.50 bits per heavy atom. The summed E-state index contributed by atoms with van der Waals surface area (Å²) in [6.07, 6.45) is 0.897. The van der Waals surface area contributed by atoms with Gasteiger partial charge >= 0.3 is 0 Å². The van der Waals surface area contributed by atoms with E-state index in [0.717, 1.165) is 30.9 Å². The number of hydrogen-bond acceptors (Lipinski definition) is 3. The largest absolute Gasteiger partial charge is 0.378 e. The van der Waals surface area contributed by atoms with Crippen molar-refractivity contribution in [2.45, 2.75) is 13.3 Å². The van der Waals surface area contributed by atoms with Crippen LogP contribution in [0.2, 0.25) is 0 Å². The molecule has 0 radical (unpaired) electrons. The van der Waals surface area contributed by atoms with Crippen molar-refractivity contribution in [3.63, 3.8) is 0 Å². The van der Waals surface area contributed by atoms with Crippen LogP contribution < -0.4 is 15.5 Å². The van der Waals surface area contributed by atoms with Gasteiger partial charge in [0.15, 0.2) is 0 Å². The molecule has 1 aliphatic rings. The zero-order valence-corrected chi connectivity index (χ0v) is 11.3. The molecule has 1 saturated heterocycles. The number of benzene rings is 1. The molecule has 2 rings (SSSR count). The van der Waals surface area contributed by atoms with Crippen LogP contribution in [0.15, 0.2) is 24.3 Å². The maximum Gasteiger partial charge on any atom is 0.231 e. The highest BCUT2D eigenvalue weighted by Crippen LogP contribution is 2.26. The summed E-state index contributed by atoms with van der Waals surface area (Å²) in [4.78, 5) is 14.2. The summed E-state index contributed by atoms with van der Waals surface area (Å²) in [5, 5.41) is 6.23. The fourth-order valence-corrected chi connectivity index (χ4v) is 2.14. The van der Waals surface area contributed by atoms with Crippen LogP contribution in [-0.2, 0) is 4.79 Å². The van der Waals surface area contributed by atoms with Crippen molar-refractivity contribution < 1.29 is 4.79 Å². The lowest BCUT2D eigenvalue weighted by Gasteiger charge is -2.21. The van der Waals surface area contributed by atoms with Crippen LogP contribution in [0.3, 0.4) is 0 Å². The molecular weight excluding hydrogens is 226 g/mol. The van der Waals surface area contributed by atoms with E-state index in [1.807, 2.05) is 50.2 Å². The van der Waals surface area contributed by atoms with Gasteiger partial charge in [-0.3, -0.25) is 4.79 Å². The Bertz CT molecular complexity index is 419. The molecule has 0 spiro atoms. The lowest BCUT2D eigenvalue weighted by Crippen LogP contribution is -2.35. The maximum atomic E-state index is 12.2. The minimum Gasteiger partial charge on any atom is -0.378 e. The monoisotopic (exact) mass is 247 g/mol. The summed E-state index contributed by atoms with van der Waals surface area (Å²) in [6, 6.07) is 7.90. The van der Waals surface area contributed by atoms with Crippen LogP contribution in [0.25, 0.3) is 0 Å². The summed E-state index contributed by atoms with van der Waals surface area (Å²) in [7, 11) is 4.00. The van der Waals surface area contributed by atoms with Gasteiger partial charge in [-0.15, -0.1) is 0 Å². The predicted octanol–water partition coefficient (Wildman–Crippen LogP) is 1.69. The summed E-state index contributed by atoms with van der Waals surface area (Å²) < 4.78 is 0. The number of carbonyl (C=O) groups excluding carboxylic acids is 1. The third-order valence-electron chi connectivity index (χ3n) is 3.56. The molecule has 1 fully saturated rings. The van der Waals surface area contributed by atoms with E-state index in [2.05, 4.69) is 10.6 Å². The van der Waals surface area contributed by atoms with Crippen molar-refractivity contribution in [2.75, 3.05) is 37.4 Å². The summed E-state index contributed by atoms with van der Waals surface area (Å²) in [5.74, 6) is 0.102. The van der Waals surface area contributed by atoms with Gasteiger partial charge in [0, 0.05) is 32.0 Å². The van der Waals surface area contributed by atoms with Crippen LogP contribution in [0.4, 0.5) is 11.4 Å². The summed E-state index contributed by atoms with van der Waals surface area (Å²) in [5.41, 5.74) is 1.71. The number of hydrogen-bond donors (Lipinski definition) is 2. The number of amides is 1. The highest BCUT2D eigenvalue weighted by atomic mass is 16.2.